The molecule has 84 valence electrons. The van der Waals surface area contributed by atoms with Gasteiger partial charge in [0.15, 0.2) is 0 Å². The van der Waals surface area contributed by atoms with Crippen molar-refractivity contribution in [2.24, 2.45) is 0 Å². The van der Waals surface area contributed by atoms with Gasteiger partial charge in [0.05, 0.1) is 17.2 Å². The highest BCUT2D eigenvalue weighted by molar-refractivity contribution is 7.09. The maximum absolute atomic E-state index is 13.3. The van der Waals surface area contributed by atoms with Gasteiger partial charge in [-0.3, -0.25) is 4.98 Å². The number of nitrogens with zero attached hydrogens (tertiary/aromatic N) is 1. The van der Waals surface area contributed by atoms with Gasteiger partial charge in [0.25, 0.3) is 0 Å². The summed E-state index contributed by atoms with van der Waals surface area (Å²) in [5, 5.41) is 9.75. The molecule has 0 amide bonds. The number of halogens is 2. The summed E-state index contributed by atoms with van der Waals surface area (Å²) in [6.07, 6.45) is 0.566. The Kier molecular flexibility index (Phi) is 3.26. The first kappa shape index (κ1) is 11.2. The van der Waals surface area contributed by atoms with E-state index in [2.05, 4.69) is 4.98 Å². The molecule has 1 aromatic heterocycles. The van der Waals surface area contributed by atoms with Crippen LogP contribution in [0.5, 0.6) is 0 Å². The Morgan fingerprint density at radius 1 is 1.31 bits per heavy atom. The van der Waals surface area contributed by atoms with Gasteiger partial charge in [-0.15, -0.1) is 11.3 Å². The SMILES string of the molecule is OC(Cc1cncs1)c1c(F)cccc1F. The Balaban J connectivity index is 2.24. The predicted octanol–water partition coefficient (Wildman–Crippen LogP) is 2.70. The highest BCUT2D eigenvalue weighted by atomic mass is 32.1. The second-order valence-corrected chi connectivity index (χ2v) is 4.29. The third-order valence-electron chi connectivity index (χ3n) is 2.21. The van der Waals surface area contributed by atoms with Gasteiger partial charge in [0.1, 0.15) is 11.6 Å². The highest BCUT2D eigenvalue weighted by Crippen LogP contribution is 2.24. The van der Waals surface area contributed by atoms with E-state index in [-0.39, 0.29) is 12.0 Å². The summed E-state index contributed by atoms with van der Waals surface area (Å²) < 4.78 is 26.6. The predicted molar refractivity (Wildman–Crippen MR) is 57.1 cm³/mol. The van der Waals surface area contributed by atoms with E-state index in [1.165, 1.54) is 17.4 Å². The van der Waals surface area contributed by atoms with E-state index >= 15 is 0 Å². The number of aliphatic hydroxyl groups is 1. The first-order valence-electron chi connectivity index (χ1n) is 4.68. The van der Waals surface area contributed by atoms with Gasteiger partial charge in [-0.25, -0.2) is 8.78 Å². The van der Waals surface area contributed by atoms with Crippen molar-refractivity contribution in [3.05, 3.63) is 52.0 Å². The van der Waals surface area contributed by atoms with Crippen molar-refractivity contribution in [1.82, 2.24) is 4.98 Å². The maximum Gasteiger partial charge on any atom is 0.131 e. The molecule has 2 nitrogen and oxygen atoms in total. The summed E-state index contributed by atoms with van der Waals surface area (Å²) in [6.45, 7) is 0. The zero-order valence-electron chi connectivity index (χ0n) is 8.23. The second kappa shape index (κ2) is 4.67. The third-order valence-corrected chi connectivity index (χ3v) is 3.01. The lowest BCUT2D eigenvalue weighted by Gasteiger charge is -2.11. The molecular weight excluding hydrogens is 232 g/mol. The first-order chi connectivity index (χ1) is 7.68. The van der Waals surface area contributed by atoms with Crippen molar-refractivity contribution in [1.29, 1.82) is 0 Å². The summed E-state index contributed by atoms with van der Waals surface area (Å²) in [4.78, 5) is 4.62. The van der Waals surface area contributed by atoms with Crippen LogP contribution in [0.15, 0.2) is 29.9 Å². The number of hydrogen-bond donors (Lipinski definition) is 1. The summed E-state index contributed by atoms with van der Waals surface area (Å²) >= 11 is 1.34. The van der Waals surface area contributed by atoms with E-state index in [1.54, 1.807) is 11.7 Å². The molecule has 0 aliphatic rings. The Morgan fingerprint density at radius 2 is 2.00 bits per heavy atom. The average molecular weight is 241 g/mol. The molecule has 0 aliphatic heterocycles. The van der Waals surface area contributed by atoms with Crippen molar-refractivity contribution in [2.45, 2.75) is 12.5 Å². The summed E-state index contributed by atoms with van der Waals surface area (Å²) in [7, 11) is 0. The van der Waals surface area contributed by atoms with Crippen molar-refractivity contribution >= 4 is 11.3 Å². The highest BCUT2D eigenvalue weighted by Gasteiger charge is 2.18. The lowest BCUT2D eigenvalue weighted by molar-refractivity contribution is 0.169. The smallest absolute Gasteiger partial charge is 0.131 e. The lowest BCUT2D eigenvalue weighted by Crippen LogP contribution is -2.06. The standard InChI is InChI=1S/C11H9F2NOS/c12-8-2-1-3-9(13)11(8)10(15)4-7-5-14-6-16-7/h1-3,5-6,10,15H,4H2. The van der Waals surface area contributed by atoms with Crippen LogP contribution in [0.25, 0.3) is 0 Å². The van der Waals surface area contributed by atoms with Gasteiger partial charge in [-0.2, -0.15) is 0 Å². The monoisotopic (exact) mass is 241 g/mol. The molecule has 0 aliphatic carbocycles. The topological polar surface area (TPSA) is 33.1 Å². The van der Waals surface area contributed by atoms with Crippen LogP contribution >= 0.6 is 11.3 Å². The van der Waals surface area contributed by atoms with E-state index < -0.39 is 17.7 Å². The van der Waals surface area contributed by atoms with Crippen LogP contribution in [0.3, 0.4) is 0 Å². The molecule has 1 N–H and O–H groups in total. The van der Waals surface area contributed by atoms with E-state index in [9.17, 15) is 13.9 Å². The van der Waals surface area contributed by atoms with Crippen LogP contribution in [0.1, 0.15) is 16.5 Å². The van der Waals surface area contributed by atoms with Crippen molar-refractivity contribution in [3.63, 3.8) is 0 Å². The molecule has 1 aromatic carbocycles. The number of aliphatic hydroxyl groups excluding tert-OH is 1. The molecule has 1 unspecified atom stereocenters. The van der Waals surface area contributed by atoms with E-state index in [4.69, 9.17) is 0 Å². The number of thiazole rings is 1. The molecule has 16 heavy (non-hydrogen) atoms. The maximum atomic E-state index is 13.3. The summed E-state index contributed by atoms with van der Waals surface area (Å²) in [5.74, 6) is -1.45. The Labute approximate surface area is 95.2 Å². The van der Waals surface area contributed by atoms with Gasteiger partial charge in [0.2, 0.25) is 0 Å². The minimum absolute atomic E-state index is 0.169. The molecule has 0 saturated carbocycles. The Hall–Kier alpha value is -1.33. The second-order valence-electron chi connectivity index (χ2n) is 3.32. The summed E-state index contributed by atoms with van der Waals surface area (Å²) in [6, 6.07) is 3.54. The third kappa shape index (κ3) is 2.25. The average Bonchev–Trinajstić information content (AvgIpc) is 2.70. The molecule has 2 aromatic rings. The molecule has 0 radical (unpaired) electrons. The lowest BCUT2D eigenvalue weighted by atomic mass is 10.0. The minimum Gasteiger partial charge on any atom is -0.388 e. The Morgan fingerprint density at radius 3 is 2.56 bits per heavy atom. The van der Waals surface area contributed by atoms with Crippen LogP contribution in [0.4, 0.5) is 8.78 Å². The van der Waals surface area contributed by atoms with E-state index in [1.807, 2.05) is 0 Å². The van der Waals surface area contributed by atoms with Gasteiger partial charge >= 0.3 is 0 Å². The molecule has 0 fully saturated rings. The Bertz CT molecular complexity index is 453. The van der Waals surface area contributed by atoms with Gasteiger partial charge in [0, 0.05) is 17.5 Å². The largest absolute Gasteiger partial charge is 0.388 e. The van der Waals surface area contributed by atoms with Crippen LogP contribution in [0.2, 0.25) is 0 Å². The van der Waals surface area contributed by atoms with Crippen LogP contribution in [0, 0.1) is 11.6 Å². The minimum atomic E-state index is -1.18. The fourth-order valence-electron chi connectivity index (χ4n) is 1.46. The van der Waals surface area contributed by atoms with Crippen LogP contribution in [-0.4, -0.2) is 10.1 Å². The van der Waals surface area contributed by atoms with Crippen molar-refractivity contribution in [3.8, 4) is 0 Å². The van der Waals surface area contributed by atoms with Gasteiger partial charge in [-0.1, -0.05) is 6.07 Å². The van der Waals surface area contributed by atoms with Gasteiger partial charge in [-0.05, 0) is 12.1 Å². The fraction of sp³-hybridized carbons (Fsp3) is 0.182. The molecule has 2 rings (SSSR count). The first-order valence-corrected chi connectivity index (χ1v) is 5.56. The molecular formula is C11H9F2NOS. The molecule has 1 heterocycles. The normalized spacial score (nSPS) is 12.7. The number of hydrogen-bond acceptors (Lipinski definition) is 3. The molecule has 5 heteroatoms. The van der Waals surface area contributed by atoms with Gasteiger partial charge < -0.3 is 5.11 Å². The zero-order chi connectivity index (χ0) is 11.5. The fourth-order valence-corrected chi connectivity index (χ4v) is 2.10. The molecule has 1 atom stereocenters. The zero-order valence-corrected chi connectivity index (χ0v) is 9.05. The van der Waals surface area contributed by atoms with E-state index in [0.29, 0.717) is 0 Å². The van der Waals surface area contributed by atoms with Crippen LogP contribution < -0.4 is 0 Å². The molecule has 0 saturated heterocycles. The van der Waals surface area contributed by atoms with E-state index in [0.717, 1.165) is 17.0 Å². The molecule has 0 bridgehead atoms. The van der Waals surface area contributed by atoms with Crippen molar-refractivity contribution in [2.75, 3.05) is 0 Å². The number of aromatic nitrogens is 1. The number of rotatable bonds is 3. The number of benzene rings is 1. The van der Waals surface area contributed by atoms with Crippen molar-refractivity contribution < 1.29 is 13.9 Å². The van der Waals surface area contributed by atoms with Crippen LogP contribution in [-0.2, 0) is 6.42 Å². The quantitative estimate of drug-likeness (QED) is 0.896. The summed E-state index contributed by atoms with van der Waals surface area (Å²) in [5.41, 5.74) is 1.33. The molecule has 0 spiro atoms.